The third kappa shape index (κ3) is 6.89. The van der Waals surface area contributed by atoms with Crippen LogP contribution in [0.1, 0.15) is 11.1 Å². The number of amides is 1. The molecule has 1 amide bonds. The predicted octanol–water partition coefficient (Wildman–Crippen LogP) is 4.53. The van der Waals surface area contributed by atoms with E-state index in [0.717, 1.165) is 41.7 Å². The number of anilines is 5. The fourth-order valence-electron chi connectivity index (χ4n) is 4.22. The van der Waals surface area contributed by atoms with E-state index in [9.17, 15) is 4.79 Å². The number of methoxy groups -OCH3 is 1. The Morgan fingerprint density at radius 3 is 2.58 bits per heavy atom. The van der Waals surface area contributed by atoms with Gasteiger partial charge in [0.25, 0.3) is 0 Å². The highest BCUT2D eigenvalue weighted by atomic mass is 16.5. The van der Waals surface area contributed by atoms with E-state index < -0.39 is 0 Å². The van der Waals surface area contributed by atoms with Gasteiger partial charge in [0.15, 0.2) is 0 Å². The highest BCUT2D eigenvalue weighted by molar-refractivity contribution is 6.02. The lowest BCUT2D eigenvalue weighted by Crippen LogP contribution is -2.29. The normalized spacial score (nSPS) is 12.4. The van der Waals surface area contributed by atoms with Crippen LogP contribution >= 0.6 is 0 Å². The number of ether oxygens (including phenoxy) is 2. The van der Waals surface area contributed by atoms with E-state index in [1.54, 1.807) is 13.3 Å². The zero-order chi connectivity index (χ0) is 28.8. The van der Waals surface area contributed by atoms with Gasteiger partial charge in [-0.15, -0.1) is 0 Å². The summed E-state index contributed by atoms with van der Waals surface area (Å²) in [7, 11) is 9.58. The lowest BCUT2D eigenvalue weighted by atomic mass is 10.2. The number of likely N-dealkylation sites (N-methyl/N-ethyl adjacent to an activating group) is 3. The average Bonchev–Trinajstić information content (AvgIpc) is 2.93. The zero-order valence-electron chi connectivity index (χ0n) is 24.0. The number of nitrogens with zero attached hydrogens (tertiary/aromatic N) is 5. The first kappa shape index (κ1) is 28.4. The van der Waals surface area contributed by atoms with Crippen LogP contribution in [0.2, 0.25) is 0 Å². The fraction of sp³-hybridized carbons (Fsp3) is 0.300. The van der Waals surface area contributed by atoms with Crippen LogP contribution in [0.25, 0.3) is 6.08 Å². The molecule has 2 heterocycles. The van der Waals surface area contributed by atoms with E-state index in [-0.39, 0.29) is 5.91 Å². The standard InChI is InChI=1S/C30H37N7O3/c1-8-28(38)32-24-16-25(27(39-7)17-26(24)36(5)14-13-35(3)4)33-30-31-18-21-15-23(19-37(6)29(21)34-30)40-22-11-9-20(2)10-12-22/h8-12,15-18H,1,13-14,19H2,2-7H3,(H,32,38)(H,31,33,34). The van der Waals surface area contributed by atoms with Crippen LogP contribution in [-0.2, 0) is 4.79 Å². The van der Waals surface area contributed by atoms with Crippen LogP contribution in [0.5, 0.6) is 11.5 Å². The van der Waals surface area contributed by atoms with E-state index in [2.05, 4.69) is 32.0 Å². The summed E-state index contributed by atoms with van der Waals surface area (Å²) in [6.07, 6.45) is 4.96. The SMILES string of the molecule is C=CC(=O)Nc1cc(Nc2ncc3c(n2)N(C)CC(Oc2ccc(C)cc2)=C3)c(OC)cc1N(C)CCN(C)C. The summed E-state index contributed by atoms with van der Waals surface area (Å²) in [5.74, 6) is 3.05. The Morgan fingerprint density at radius 2 is 1.90 bits per heavy atom. The number of benzene rings is 2. The summed E-state index contributed by atoms with van der Waals surface area (Å²) in [5.41, 5.74) is 4.08. The number of aryl methyl sites for hydroxylation is 1. The maximum absolute atomic E-state index is 12.2. The Kier molecular flexibility index (Phi) is 8.90. The molecule has 210 valence electrons. The lowest BCUT2D eigenvalue weighted by molar-refractivity contribution is -0.111. The van der Waals surface area contributed by atoms with Crippen LogP contribution in [-0.4, -0.2) is 75.7 Å². The van der Waals surface area contributed by atoms with Gasteiger partial charge >= 0.3 is 0 Å². The summed E-state index contributed by atoms with van der Waals surface area (Å²) >= 11 is 0. The summed E-state index contributed by atoms with van der Waals surface area (Å²) in [6.45, 7) is 7.79. The Hall–Kier alpha value is -4.57. The maximum atomic E-state index is 12.2. The highest BCUT2D eigenvalue weighted by Gasteiger charge is 2.21. The third-order valence-electron chi connectivity index (χ3n) is 6.44. The lowest BCUT2D eigenvalue weighted by Gasteiger charge is -2.27. The van der Waals surface area contributed by atoms with Gasteiger partial charge < -0.3 is 34.8 Å². The Balaban J connectivity index is 1.61. The second kappa shape index (κ2) is 12.5. The molecule has 1 aromatic heterocycles. The molecule has 2 aromatic carbocycles. The van der Waals surface area contributed by atoms with Crippen LogP contribution in [0.3, 0.4) is 0 Å². The molecule has 0 unspecified atom stereocenters. The van der Waals surface area contributed by atoms with Crippen LogP contribution in [0.4, 0.5) is 28.8 Å². The van der Waals surface area contributed by atoms with Gasteiger partial charge in [0, 0.05) is 45.0 Å². The number of hydrogen-bond donors (Lipinski definition) is 2. The quantitative estimate of drug-likeness (QED) is 0.338. The minimum absolute atomic E-state index is 0.305. The molecule has 0 spiro atoms. The number of carbonyl (C=O) groups is 1. The van der Waals surface area contributed by atoms with E-state index in [1.165, 1.54) is 11.6 Å². The average molecular weight is 544 g/mol. The minimum Gasteiger partial charge on any atom is -0.494 e. The van der Waals surface area contributed by atoms with E-state index >= 15 is 0 Å². The second-order valence-corrected chi connectivity index (χ2v) is 9.97. The maximum Gasteiger partial charge on any atom is 0.247 e. The Bertz CT molecular complexity index is 1400. The molecule has 0 saturated heterocycles. The van der Waals surface area contributed by atoms with Crippen molar-refractivity contribution >= 4 is 40.8 Å². The molecular formula is C30H37N7O3. The molecule has 10 heteroatoms. The molecule has 40 heavy (non-hydrogen) atoms. The molecule has 0 aliphatic carbocycles. The van der Waals surface area contributed by atoms with Crippen LogP contribution in [0.15, 0.2) is 61.0 Å². The van der Waals surface area contributed by atoms with Crippen LogP contribution in [0, 0.1) is 6.92 Å². The van der Waals surface area contributed by atoms with E-state index in [0.29, 0.717) is 29.6 Å². The molecular weight excluding hydrogens is 506 g/mol. The van der Waals surface area contributed by atoms with Gasteiger partial charge in [-0.05, 0) is 51.4 Å². The molecule has 0 saturated carbocycles. The van der Waals surface area contributed by atoms with Crippen molar-refractivity contribution in [3.8, 4) is 11.5 Å². The number of fused-ring (bicyclic) bond motifs is 1. The van der Waals surface area contributed by atoms with Gasteiger partial charge in [0.05, 0.1) is 30.7 Å². The van der Waals surface area contributed by atoms with Crippen molar-refractivity contribution in [2.75, 3.05) is 75.4 Å². The van der Waals surface area contributed by atoms with Gasteiger partial charge in [0.2, 0.25) is 11.9 Å². The molecule has 0 atom stereocenters. The van der Waals surface area contributed by atoms with Gasteiger partial charge in [0.1, 0.15) is 23.1 Å². The molecule has 0 fully saturated rings. The smallest absolute Gasteiger partial charge is 0.247 e. The van der Waals surface area contributed by atoms with Crippen molar-refractivity contribution in [2.45, 2.75) is 6.92 Å². The van der Waals surface area contributed by atoms with Gasteiger partial charge in [-0.2, -0.15) is 4.98 Å². The highest BCUT2D eigenvalue weighted by Crippen LogP contribution is 2.38. The summed E-state index contributed by atoms with van der Waals surface area (Å²) in [5, 5.41) is 6.18. The molecule has 10 nitrogen and oxygen atoms in total. The van der Waals surface area contributed by atoms with Crippen LogP contribution < -0.4 is 29.9 Å². The number of rotatable bonds is 11. The Morgan fingerprint density at radius 1 is 1.15 bits per heavy atom. The molecule has 3 aromatic rings. The number of hydrogen-bond acceptors (Lipinski definition) is 9. The molecule has 0 bridgehead atoms. The zero-order valence-corrected chi connectivity index (χ0v) is 24.0. The number of carbonyl (C=O) groups excluding carboxylic acids is 1. The predicted molar refractivity (Wildman–Crippen MR) is 162 cm³/mol. The largest absolute Gasteiger partial charge is 0.494 e. The fourth-order valence-corrected chi connectivity index (χ4v) is 4.22. The first-order valence-corrected chi connectivity index (χ1v) is 13.0. The monoisotopic (exact) mass is 543 g/mol. The molecule has 1 aliphatic rings. The van der Waals surface area contributed by atoms with Gasteiger partial charge in [-0.1, -0.05) is 24.3 Å². The van der Waals surface area contributed by atoms with Crippen molar-refractivity contribution in [3.05, 3.63) is 72.1 Å². The number of nitrogens with one attached hydrogen (secondary N) is 2. The van der Waals surface area contributed by atoms with Crippen molar-refractivity contribution in [1.82, 2.24) is 14.9 Å². The molecule has 1 aliphatic heterocycles. The topological polar surface area (TPSA) is 95.1 Å². The van der Waals surface area contributed by atoms with E-state index in [1.807, 2.05) is 82.5 Å². The summed E-state index contributed by atoms with van der Waals surface area (Å²) < 4.78 is 11.8. The summed E-state index contributed by atoms with van der Waals surface area (Å²) in [4.78, 5) is 27.7. The molecule has 2 N–H and O–H groups in total. The minimum atomic E-state index is -0.305. The summed E-state index contributed by atoms with van der Waals surface area (Å²) in [6, 6.07) is 11.7. The molecule has 0 radical (unpaired) electrons. The third-order valence-corrected chi connectivity index (χ3v) is 6.44. The molecule has 4 rings (SSSR count). The first-order chi connectivity index (χ1) is 19.2. The Labute approximate surface area is 235 Å². The second-order valence-electron chi connectivity index (χ2n) is 9.97. The van der Waals surface area contributed by atoms with E-state index in [4.69, 9.17) is 14.5 Å². The van der Waals surface area contributed by atoms with Crippen molar-refractivity contribution in [1.29, 1.82) is 0 Å². The van der Waals surface area contributed by atoms with Crippen molar-refractivity contribution < 1.29 is 14.3 Å². The van der Waals surface area contributed by atoms with Crippen molar-refractivity contribution in [3.63, 3.8) is 0 Å². The van der Waals surface area contributed by atoms with Crippen molar-refractivity contribution in [2.24, 2.45) is 0 Å². The first-order valence-electron chi connectivity index (χ1n) is 13.0. The number of aromatic nitrogens is 2. The van der Waals surface area contributed by atoms with Gasteiger partial charge in [-0.25, -0.2) is 4.98 Å². The van der Waals surface area contributed by atoms with Gasteiger partial charge in [-0.3, -0.25) is 4.79 Å².